The van der Waals surface area contributed by atoms with Crippen LogP contribution < -0.4 is 5.56 Å². The quantitative estimate of drug-likeness (QED) is 0.841. The Kier molecular flexibility index (Phi) is 4.98. The highest BCUT2D eigenvalue weighted by Crippen LogP contribution is 2.21. The first-order chi connectivity index (χ1) is 12.2. The summed E-state index contributed by atoms with van der Waals surface area (Å²) in [5, 5.41) is 4.54. The van der Waals surface area contributed by atoms with Crippen molar-refractivity contribution < 1.29 is 9.21 Å². The van der Waals surface area contributed by atoms with Crippen LogP contribution in [0.4, 0.5) is 0 Å². The Bertz CT molecular complexity index is 839. The maximum Gasteiger partial charge on any atom is 0.275 e. The topological polar surface area (TPSA) is 81.2 Å². The predicted octanol–water partition coefficient (Wildman–Crippen LogP) is 2.39. The lowest BCUT2D eigenvalue weighted by Crippen LogP contribution is -2.40. The van der Waals surface area contributed by atoms with Gasteiger partial charge in [0.2, 0.25) is 0 Å². The molecule has 26 heavy (non-hydrogen) atoms. The zero-order chi connectivity index (χ0) is 18.9. The van der Waals surface area contributed by atoms with Gasteiger partial charge in [0.15, 0.2) is 11.6 Å². The Morgan fingerprint density at radius 2 is 1.96 bits per heavy atom. The minimum atomic E-state index is -0.0963. The minimum Gasteiger partial charge on any atom is -0.448 e. The van der Waals surface area contributed by atoms with Crippen LogP contribution in [0.15, 0.2) is 27.6 Å². The molecule has 0 spiro atoms. The Hall–Kier alpha value is -2.44. The van der Waals surface area contributed by atoms with E-state index in [2.05, 4.69) is 30.9 Å². The number of nitrogens with zero attached hydrogens (tertiary/aromatic N) is 4. The first-order valence-corrected chi connectivity index (χ1v) is 9.04. The molecule has 140 valence electrons. The van der Waals surface area contributed by atoms with Gasteiger partial charge in [0.1, 0.15) is 6.26 Å². The minimum absolute atomic E-state index is 0.0745. The molecule has 0 bridgehead atoms. The molecule has 1 amide bonds. The molecule has 3 rings (SSSR count). The molecule has 0 aliphatic carbocycles. The molecule has 0 atom stereocenters. The smallest absolute Gasteiger partial charge is 0.275 e. The highest BCUT2D eigenvalue weighted by Gasteiger charge is 2.26. The summed E-state index contributed by atoms with van der Waals surface area (Å²) in [5.41, 5.74) is 1.10. The van der Waals surface area contributed by atoms with Crippen molar-refractivity contribution >= 4 is 5.91 Å². The summed E-state index contributed by atoms with van der Waals surface area (Å²) >= 11 is 0. The molecule has 0 aromatic carbocycles. The summed E-state index contributed by atoms with van der Waals surface area (Å²) in [6.07, 6.45) is 3.10. The monoisotopic (exact) mass is 358 g/mol. The summed E-state index contributed by atoms with van der Waals surface area (Å²) in [4.78, 5) is 30.5. The van der Waals surface area contributed by atoms with Gasteiger partial charge in [-0.05, 0) is 24.8 Å². The third-order valence-electron chi connectivity index (χ3n) is 4.81. The molecule has 7 nitrogen and oxygen atoms in total. The van der Waals surface area contributed by atoms with Crippen LogP contribution in [0, 0.1) is 12.8 Å². The third kappa shape index (κ3) is 4.03. The maximum absolute atomic E-state index is 12.4. The molecule has 1 saturated heterocycles. The van der Waals surface area contributed by atoms with Crippen LogP contribution >= 0.6 is 0 Å². The number of likely N-dealkylation sites (tertiary alicyclic amines) is 1. The number of oxazole rings is 1. The lowest BCUT2D eigenvalue weighted by molar-refractivity contribution is 0.0674. The summed E-state index contributed by atoms with van der Waals surface area (Å²) in [5.74, 6) is 0.733. The van der Waals surface area contributed by atoms with Crippen molar-refractivity contribution in [2.75, 3.05) is 13.1 Å². The van der Waals surface area contributed by atoms with Gasteiger partial charge < -0.3 is 9.32 Å². The van der Waals surface area contributed by atoms with Crippen LogP contribution in [0.5, 0.6) is 0 Å². The largest absolute Gasteiger partial charge is 0.448 e. The molecular weight excluding hydrogens is 332 g/mol. The number of hydrogen-bond acceptors (Lipinski definition) is 5. The average molecular weight is 358 g/mol. The second kappa shape index (κ2) is 7.05. The molecule has 0 N–H and O–H groups in total. The van der Waals surface area contributed by atoms with Crippen molar-refractivity contribution in [3.63, 3.8) is 0 Å². The van der Waals surface area contributed by atoms with Crippen LogP contribution in [-0.2, 0) is 12.0 Å². The Morgan fingerprint density at radius 1 is 1.27 bits per heavy atom. The van der Waals surface area contributed by atoms with E-state index in [0.29, 0.717) is 37.1 Å². The van der Waals surface area contributed by atoms with Gasteiger partial charge >= 0.3 is 0 Å². The highest BCUT2D eigenvalue weighted by atomic mass is 16.3. The zero-order valence-electron chi connectivity index (χ0n) is 15.9. The van der Waals surface area contributed by atoms with Crippen LogP contribution in [-0.4, -0.2) is 38.7 Å². The Balaban J connectivity index is 1.62. The van der Waals surface area contributed by atoms with E-state index >= 15 is 0 Å². The number of rotatable bonds is 3. The first-order valence-electron chi connectivity index (χ1n) is 9.04. The second-order valence-corrected chi connectivity index (χ2v) is 7.98. The lowest BCUT2D eigenvalue weighted by atomic mass is 9.92. The molecule has 7 heteroatoms. The maximum atomic E-state index is 12.4. The summed E-state index contributed by atoms with van der Waals surface area (Å²) in [6.45, 7) is 9.87. The number of aromatic nitrogens is 3. The fourth-order valence-electron chi connectivity index (χ4n) is 3.17. The fourth-order valence-corrected chi connectivity index (χ4v) is 3.17. The van der Waals surface area contributed by atoms with Gasteiger partial charge in [-0.1, -0.05) is 20.8 Å². The van der Waals surface area contributed by atoms with E-state index in [1.165, 1.54) is 6.26 Å². The number of carbonyl (C=O) groups excluding carboxylic acids is 1. The molecule has 1 aliphatic heterocycles. The molecule has 1 fully saturated rings. The van der Waals surface area contributed by atoms with Crippen molar-refractivity contribution in [3.05, 3.63) is 46.0 Å². The average Bonchev–Trinajstić information content (AvgIpc) is 3.02. The third-order valence-corrected chi connectivity index (χ3v) is 4.81. The van der Waals surface area contributed by atoms with E-state index in [1.54, 1.807) is 28.6 Å². The van der Waals surface area contributed by atoms with E-state index in [1.807, 2.05) is 0 Å². The lowest BCUT2D eigenvalue weighted by Gasteiger charge is -2.31. The molecule has 1 aliphatic rings. The van der Waals surface area contributed by atoms with E-state index < -0.39 is 0 Å². The van der Waals surface area contributed by atoms with Crippen molar-refractivity contribution in [1.82, 2.24) is 19.7 Å². The van der Waals surface area contributed by atoms with Crippen molar-refractivity contribution in [2.24, 2.45) is 5.92 Å². The molecule has 3 heterocycles. The van der Waals surface area contributed by atoms with Crippen LogP contribution in [0.3, 0.4) is 0 Å². The SMILES string of the molecule is Cc1nc(C(=O)N2CCC(Cn3nc(C(C)(C)C)ccc3=O)CC2)co1. The summed E-state index contributed by atoms with van der Waals surface area (Å²) < 4.78 is 6.70. The summed E-state index contributed by atoms with van der Waals surface area (Å²) in [6, 6.07) is 3.40. The number of amides is 1. The van der Waals surface area contributed by atoms with E-state index in [0.717, 1.165) is 18.5 Å². The van der Waals surface area contributed by atoms with Gasteiger partial charge in [-0.15, -0.1) is 0 Å². The van der Waals surface area contributed by atoms with Crippen LogP contribution in [0.25, 0.3) is 0 Å². The van der Waals surface area contributed by atoms with Gasteiger partial charge in [-0.3, -0.25) is 9.59 Å². The first kappa shape index (κ1) is 18.4. The molecule has 0 unspecified atom stereocenters. The van der Waals surface area contributed by atoms with Crippen molar-refractivity contribution in [3.8, 4) is 0 Å². The number of carbonyl (C=O) groups is 1. The van der Waals surface area contributed by atoms with E-state index in [4.69, 9.17) is 4.42 Å². The van der Waals surface area contributed by atoms with E-state index in [-0.39, 0.29) is 16.9 Å². The van der Waals surface area contributed by atoms with Crippen LogP contribution in [0.2, 0.25) is 0 Å². The standard InChI is InChI=1S/C19H26N4O3/c1-13-20-15(12-26-13)18(25)22-9-7-14(8-10-22)11-23-17(24)6-5-16(21-23)19(2,3)4/h5-6,12,14H,7-11H2,1-4H3. The highest BCUT2D eigenvalue weighted by molar-refractivity contribution is 5.92. The zero-order valence-corrected chi connectivity index (χ0v) is 15.9. The van der Waals surface area contributed by atoms with Crippen LogP contribution in [0.1, 0.15) is 55.7 Å². The molecule has 0 saturated carbocycles. The van der Waals surface area contributed by atoms with Gasteiger partial charge in [0.05, 0.1) is 5.69 Å². The Labute approximate surface area is 153 Å². The predicted molar refractivity (Wildman–Crippen MR) is 97.1 cm³/mol. The Morgan fingerprint density at radius 3 is 2.54 bits per heavy atom. The molecule has 0 radical (unpaired) electrons. The number of aryl methyl sites for hydroxylation is 1. The van der Waals surface area contributed by atoms with Gasteiger partial charge in [-0.2, -0.15) is 5.10 Å². The summed E-state index contributed by atoms with van der Waals surface area (Å²) in [7, 11) is 0. The fraction of sp³-hybridized carbons (Fsp3) is 0.579. The second-order valence-electron chi connectivity index (χ2n) is 7.98. The van der Waals surface area contributed by atoms with Gasteiger partial charge in [0.25, 0.3) is 11.5 Å². The molecule has 2 aromatic rings. The normalized spacial score (nSPS) is 16.1. The van der Waals surface area contributed by atoms with Gasteiger partial charge in [-0.25, -0.2) is 9.67 Å². The number of hydrogen-bond donors (Lipinski definition) is 0. The van der Waals surface area contributed by atoms with Gasteiger partial charge in [0, 0.05) is 38.0 Å². The van der Waals surface area contributed by atoms with E-state index in [9.17, 15) is 9.59 Å². The van der Waals surface area contributed by atoms with Crippen molar-refractivity contribution in [1.29, 1.82) is 0 Å². The van der Waals surface area contributed by atoms with Crippen molar-refractivity contribution in [2.45, 2.75) is 52.5 Å². The molecular formula is C19H26N4O3. The molecule has 2 aromatic heterocycles. The number of piperidine rings is 1.